The summed E-state index contributed by atoms with van der Waals surface area (Å²) in [6.45, 7) is 4.98. The Morgan fingerprint density at radius 2 is 1.89 bits per heavy atom. The number of carbonyl (C=O) groups is 2. The number of rotatable bonds is 3. The first-order chi connectivity index (χ1) is 17.4. The standard InChI is InChI=1S/C26H30ClN5O4/c1-18-28-19(2)32(30-18)14-12-26(34)31-13-6-3-7-15-35-23-8-4-5-9-24(23)36-22-11-10-20(27)16-21(22)29-25(33)17-31/h4-5,8-11,16H,3,6-7,12-15,17H2,1-2H3,(H,29,33). The van der Waals surface area contributed by atoms with E-state index in [-0.39, 0.29) is 24.8 Å². The van der Waals surface area contributed by atoms with Gasteiger partial charge >= 0.3 is 0 Å². The van der Waals surface area contributed by atoms with Gasteiger partial charge in [0, 0.05) is 18.0 Å². The fraction of sp³-hybridized carbons (Fsp3) is 0.385. The minimum absolute atomic E-state index is 0.0762. The highest BCUT2D eigenvalue weighted by molar-refractivity contribution is 6.31. The topological polar surface area (TPSA) is 98.6 Å². The molecule has 1 aliphatic heterocycles. The first kappa shape index (κ1) is 25.5. The molecule has 0 saturated carbocycles. The molecule has 190 valence electrons. The van der Waals surface area contributed by atoms with Crippen LogP contribution in [0.1, 0.15) is 37.3 Å². The van der Waals surface area contributed by atoms with E-state index in [0.29, 0.717) is 53.5 Å². The Morgan fingerprint density at radius 3 is 2.67 bits per heavy atom. The number of hydrogen-bond donors (Lipinski definition) is 1. The van der Waals surface area contributed by atoms with Crippen molar-refractivity contribution in [3.63, 3.8) is 0 Å². The molecule has 2 amide bonds. The van der Waals surface area contributed by atoms with Gasteiger partial charge in [-0.3, -0.25) is 9.59 Å². The normalized spacial score (nSPS) is 14.9. The molecule has 0 bridgehead atoms. The molecule has 4 rings (SSSR count). The number of hydrogen-bond acceptors (Lipinski definition) is 6. The van der Waals surface area contributed by atoms with Crippen molar-refractivity contribution in [2.24, 2.45) is 0 Å². The lowest BCUT2D eigenvalue weighted by Crippen LogP contribution is -2.39. The van der Waals surface area contributed by atoms with Gasteiger partial charge in [-0.2, -0.15) is 5.10 Å². The second kappa shape index (κ2) is 11.9. The number of fused-ring (bicyclic) bond motifs is 2. The number of para-hydroxylation sites is 2. The SMILES string of the molecule is Cc1nc(C)n(CCC(=O)N2CCCCCOc3ccccc3Oc3ccc(Cl)cc3NC(=O)C2)n1. The van der Waals surface area contributed by atoms with E-state index in [1.165, 1.54) is 0 Å². The number of ether oxygens (including phenoxy) is 2. The maximum Gasteiger partial charge on any atom is 0.244 e. The number of anilines is 1. The van der Waals surface area contributed by atoms with E-state index in [1.807, 2.05) is 38.1 Å². The van der Waals surface area contributed by atoms with Crippen molar-refractivity contribution in [1.82, 2.24) is 19.7 Å². The molecule has 2 heterocycles. The van der Waals surface area contributed by atoms with E-state index in [0.717, 1.165) is 25.1 Å². The molecule has 36 heavy (non-hydrogen) atoms. The number of aryl methyl sites for hydroxylation is 3. The van der Waals surface area contributed by atoms with E-state index in [9.17, 15) is 9.59 Å². The minimum atomic E-state index is -0.331. The van der Waals surface area contributed by atoms with Gasteiger partial charge < -0.3 is 19.7 Å². The van der Waals surface area contributed by atoms with Gasteiger partial charge in [0.05, 0.1) is 25.4 Å². The van der Waals surface area contributed by atoms with Crippen LogP contribution >= 0.6 is 11.6 Å². The van der Waals surface area contributed by atoms with Crippen LogP contribution in [0.2, 0.25) is 5.02 Å². The molecule has 0 saturated heterocycles. The molecule has 1 aromatic heterocycles. The maximum absolute atomic E-state index is 13.1. The Hall–Kier alpha value is -3.59. The predicted octanol–water partition coefficient (Wildman–Crippen LogP) is 4.76. The summed E-state index contributed by atoms with van der Waals surface area (Å²) < 4.78 is 13.8. The van der Waals surface area contributed by atoms with Crippen LogP contribution in [0.4, 0.5) is 5.69 Å². The van der Waals surface area contributed by atoms with Gasteiger partial charge in [-0.25, -0.2) is 9.67 Å². The lowest BCUT2D eigenvalue weighted by molar-refractivity contribution is -0.135. The molecular weight excluding hydrogens is 482 g/mol. The van der Waals surface area contributed by atoms with E-state index < -0.39 is 0 Å². The molecular formula is C26H30ClN5O4. The van der Waals surface area contributed by atoms with Crippen LogP contribution in [0, 0.1) is 13.8 Å². The van der Waals surface area contributed by atoms with E-state index in [2.05, 4.69) is 15.4 Å². The van der Waals surface area contributed by atoms with Crippen LogP contribution in [0.15, 0.2) is 42.5 Å². The third-order valence-corrected chi connectivity index (χ3v) is 6.04. The third kappa shape index (κ3) is 6.75. The van der Waals surface area contributed by atoms with E-state index in [4.69, 9.17) is 21.1 Å². The molecule has 0 radical (unpaired) electrons. The van der Waals surface area contributed by atoms with Crippen molar-refractivity contribution in [2.75, 3.05) is 25.0 Å². The quantitative estimate of drug-likeness (QED) is 0.544. The van der Waals surface area contributed by atoms with Gasteiger partial charge in [0.25, 0.3) is 0 Å². The summed E-state index contributed by atoms with van der Waals surface area (Å²) in [4.78, 5) is 32.0. The minimum Gasteiger partial charge on any atom is -0.490 e. The van der Waals surface area contributed by atoms with Crippen LogP contribution in [-0.2, 0) is 16.1 Å². The number of halogens is 1. The zero-order valence-electron chi connectivity index (χ0n) is 20.5. The van der Waals surface area contributed by atoms with Gasteiger partial charge in [0.1, 0.15) is 11.6 Å². The number of aromatic nitrogens is 3. The summed E-state index contributed by atoms with van der Waals surface area (Å²) in [5.41, 5.74) is 0.415. The molecule has 1 N–H and O–H groups in total. The van der Waals surface area contributed by atoms with E-state index >= 15 is 0 Å². The van der Waals surface area contributed by atoms with Crippen molar-refractivity contribution >= 4 is 29.1 Å². The predicted molar refractivity (Wildman–Crippen MR) is 137 cm³/mol. The highest BCUT2D eigenvalue weighted by Crippen LogP contribution is 2.36. The fourth-order valence-electron chi connectivity index (χ4n) is 4.01. The first-order valence-electron chi connectivity index (χ1n) is 12.0. The second-order valence-electron chi connectivity index (χ2n) is 8.64. The lowest BCUT2D eigenvalue weighted by atomic mass is 10.2. The van der Waals surface area contributed by atoms with Gasteiger partial charge in [-0.15, -0.1) is 0 Å². The summed E-state index contributed by atoms with van der Waals surface area (Å²) in [7, 11) is 0. The summed E-state index contributed by atoms with van der Waals surface area (Å²) in [6.07, 6.45) is 2.64. The zero-order chi connectivity index (χ0) is 25.5. The summed E-state index contributed by atoms with van der Waals surface area (Å²) >= 11 is 6.20. The average Bonchev–Trinajstić information content (AvgIpc) is 3.17. The second-order valence-corrected chi connectivity index (χ2v) is 9.08. The Morgan fingerprint density at radius 1 is 1.08 bits per heavy atom. The van der Waals surface area contributed by atoms with Crippen LogP contribution < -0.4 is 14.8 Å². The highest BCUT2D eigenvalue weighted by atomic mass is 35.5. The molecule has 10 heteroatoms. The summed E-state index contributed by atoms with van der Waals surface area (Å²) in [5, 5.41) is 7.63. The molecule has 0 atom stereocenters. The van der Waals surface area contributed by atoms with Crippen molar-refractivity contribution in [2.45, 2.75) is 46.1 Å². The van der Waals surface area contributed by atoms with Crippen LogP contribution in [0.3, 0.4) is 0 Å². The molecule has 0 spiro atoms. The van der Waals surface area contributed by atoms with E-state index in [1.54, 1.807) is 27.8 Å². The van der Waals surface area contributed by atoms with Crippen molar-refractivity contribution in [3.8, 4) is 17.2 Å². The third-order valence-electron chi connectivity index (χ3n) is 5.80. The molecule has 1 aliphatic rings. The van der Waals surface area contributed by atoms with Gasteiger partial charge in [0.15, 0.2) is 17.2 Å². The van der Waals surface area contributed by atoms with Crippen molar-refractivity contribution < 1.29 is 19.1 Å². The molecule has 3 aromatic rings. The van der Waals surface area contributed by atoms with Gasteiger partial charge in [-0.05, 0) is 63.4 Å². The molecule has 2 aromatic carbocycles. The number of amides is 2. The van der Waals surface area contributed by atoms with Crippen molar-refractivity contribution in [1.29, 1.82) is 0 Å². The maximum atomic E-state index is 13.1. The Kier molecular flexibility index (Phi) is 8.43. The fourth-order valence-corrected chi connectivity index (χ4v) is 4.18. The molecule has 9 nitrogen and oxygen atoms in total. The Labute approximate surface area is 215 Å². The number of nitrogens with zero attached hydrogens (tertiary/aromatic N) is 4. The van der Waals surface area contributed by atoms with Crippen LogP contribution in [-0.4, -0.2) is 51.2 Å². The van der Waals surface area contributed by atoms with Crippen LogP contribution in [0.5, 0.6) is 17.2 Å². The number of nitrogens with one attached hydrogen (secondary N) is 1. The summed E-state index contributed by atoms with van der Waals surface area (Å²) in [6, 6.07) is 12.4. The van der Waals surface area contributed by atoms with Crippen LogP contribution in [0.25, 0.3) is 0 Å². The van der Waals surface area contributed by atoms with Gasteiger partial charge in [0.2, 0.25) is 11.8 Å². The summed E-state index contributed by atoms with van der Waals surface area (Å²) in [5.74, 6) is 2.56. The molecule has 0 fully saturated rings. The Bertz CT molecular complexity index is 1230. The first-order valence-corrected chi connectivity index (χ1v) is 12.4. The number of benzene rings is 2. The largest absolute Gasteiger partial charge is 0.490 e. The zero-order valence-corrected chi connectivity index (χ0v) is 21.3. The monoisotopic (exact) mass is 511 g/mol. The highest BCUT2D eigenvalue weighted by Gasteiger charge is 2.20. The van der Waals surface area contributed by atoms with Crippen molar-refractivity contribution in [3.05, 3.63) is 59.1 Å². The average molecular weight is 512 g/mol. The Balaban J connectivity index is 1.52. The lowest BCUT2D eigenvalue weighted by Gasteiger charge is -2.23. The number of carbonyl (C=O) groups excluding carboxylic acids is 2. The molecule has 0 unspecified atom stereocenters. The smallest absolute Gasteiger partial charge is 0.244 e. The molecule has 0 aliphatic carbocycles. The van der Waals surface area contributed by atoms with Gasteiger partial charge in [-0.1, -0.05) is 23.7 Å².